The van der Waals surface area contributed by atoms with Gasteiger partial charge in [-0.3, -0.25) is 4.79 Å². The smallest absolute Gasteiger partial charge is 0.257 e. The number of carbonyl (C=O) groups is 1. The first-order chi connectivity index (χ1) is 12.6. The van der Waals surface area contributed by atoms with Crippen molar-refractivity contribution in [3.63, 3.8) is 0 Å². The first kappa shape index (κ1) is 16.0. The highest BCUT2D eigenvalue weighted by molar-refractivity contribution is 6.12. The Hall–Kier alpha value is -3.48. The van der Waals surface area contributed by atoms with Crippen molar-refractivity contribution < 1.29 is 9.21 Å². The quantitative estimate of drug-likeness (QED) is 0.605. The van der Waals surface area contributed by atoms with Crippen LogP contribution in [0.4, 0.5) is 5.82 Å². The van der Waals surface area contributed by atoms with Gasteiger partial charge in [-0.25, -0.2) is 14.6 Å². The highest BCUT2D eigenvalue weighted by Gasteiger charge is 2.19. The van der Waals surface area contributed by atoms with Crippen LogP contribution >= 0.6 is 0 Å². The maximum Gasteiger partial charge on any atom is 0.257 e. The standard InChI is InChI=1S/C19H17N5O2/c1-12(2)24-18-14(11-21-24)13(10-15(22-18)16-6-5-9-26-16)19(25)23-17-7-3-4-8-20-17/h3-12H,1-2H3,(H,20,23,25). The van der Waals surface area contributed by atoms with Gasteiger partial charge in [0.15, 0.2) is 11.4 Å². The zero-order chi connectivity index (χ0) is 18.1. The Bertz CT molecular complexity index is 1050. The average molecular weight is 347 g/mol. The van der Waals surface area contributed by atoms with Crippen molar-refractivity contribution in [1.82, 2.24) is 19.7 Å². The van der Waals surface area contributed by atoms with Crippen LogP contribution in [0.15, 0.2) is 59.5 Å². The molecule has 0 aliphatic heterocycles. The monoisotopic (exact) mass is 347 g/mol. The number of fused-ring (bicyclic) bond motifs is 1. The summed E-state index contributed by atoms with van der Waals surface area (Å²) in [4.78, 5) is 21.7. The largest absolute Gasteiger partial charge is 0.463 e. The number of anilines is 1. The van der Waals surface area contributed by atoms with Gasteiger partial charge in [-0.05, 0) is 44.2 Å². The van der Waals surface area contributed by atoms with Gasteiger partial charge in [0.05, 0.1) is 23.4 Å². The number of nitrogens with one attached hydrogen (secondary N) is 1. The van der Waals surface area contributed by atoms with Crippen molar-refractivity contribution in [3.8, 4) is 11.5 Å². The highest BCUT2D eigenvalue weighted by Crippen LogP contribution is 2.27. The minimum atomic E-state index is -0.271. The van der Waals surface area contributed by atoms with E-state index in [0.717, 1.165) is 0 Å². The van der Waals surface area contributed by atoms with Gasteiger partial charge in [0, 0.05) is 12.2 Å². The van der Waals surface area contributed by atoms with Gasteiger partial charge in [0.2, 0.25) is 0 Å². The number of amides is 1. The zero-order valence-electron chi connectivity index (χ0n) is 14.4. The lowest BCUT2D eigenvalue weighted by Crippen LogP contribution is -2.14. The Balaban J connectivity index is 1.85. The summed E-state index contributed by atoms with van der Waals surface area (Å²) in [5.74, 6) is 0.806. The highest BCUT2D eigenvalue weighted by atomic mass is 16.3. The summed E-state index contributed by atoms with van der Waals surface area (Å²) in [6, 6.07) is 10.8. The second kappa shape index (κ2) is 6.44. The molecule has 0 aliphatic carbocycles. The molecule has 0 atom stereocenters. The third-order valence-electron chi connectivity index (χ3n) is 3.98. The van der Waals surface area contributed by atoms with E-state index in [0.29, 0.717) is 33.9 Å². The Labute approximate surface area is 149 Å². The molecule has 0 fully saturated rings. The van der Waals surface area contributed by atoms with Crippen molar-refractivity contribution >= 4 is 22.8 Å². The Morgan fingerprint density at radius 1 is 1.23 bits per heavy atom. The van der Waals surface area contributed by atoms with E-state index in [4.69, 9.17) is 4.42 Å². The van der Waals surface area contributed by atoms with Crippen LogP contribution in [0.25, 0.3) is 22.5 Å². The average Bonchev–Trinajstić information content (AvgIpc) is 3.31. The number of carbonyl (C=O) groups excluding carboxylic acids is 1. The molecular weight excluding hydrogens is 330 g/mol. The van der Waals surface area contributed by atoms with Crippen LogP contribution < -0.4 is 5.32 Å². The predicted octanol–water partition coefficient (Wildman–Crippen LogP) is 3.92. The normalized spacial score (nSPS) is 11.2. The van der Waals surface area contributed by atoms with Crippen LogP contribution in [0, 0.1) is 0 Å². The van der Waals surface area contributed by atoms with E-state index in [1.54, 1.807) is 47.6 Å². The molecule has 0 aliphatic rings. The van der Waals surface area contributed by atoms with E-state index in [1.165, 1.54) is 0 Å². The van der Waals surface area contributed by atoms with Crippen LogP contribution in [-0.4, -0.2) is 25.7 Å². The van der Waals surface area contributed by atoms with Gasteiger partial charge >= 0.3 is 0 Å². The number of hydrogen-bond acceptors (Lipinski definition) is 5. The van der Waals surface area contributed by atoms with Crippen molar-refractivity contribution in [3.05, 3.63) is 60.6 Å². The molecule has 0 spiro atoms. The number of pyridine rings is 2. The molecule has 26 heavy (non-hydrogen) atoms. The molecule has 4 aromatic heterocycles. The zero-order valence-corrected chi connectivity index (χ0v) is 14.4. The predicted molar refractivity (Wildman–Crippen MR) is 97.8 cm³/mol. The maximum absolute atomic E-state index is 12.9. The molecule has 0 saturated heterocycles. The first-order valence-corrected chi connectivity index (χ1v) is 8.28. The fourth-order valence-electron chi connectivity index (χ4n) is 2.75. The molecular formula is C19H17N5O2. The molecule has 0 bridgehead atoms. The van der Waals surface area contributed by atoms with E-state index >= 15 is 0 Å². The molecule has 0 unspecified atom stereocenters. The molecule has 0 saturated carbocycles. The molecule has 1 amide bonds. The summed E-state index contributed by atoms with van der Waals surface area (Å²) < 4.78 is 7.25. The lowest BCUT2D eigenvalue weighted by molar-refractivity contribution is 0.102. The van der Waals surface area contributed by atoms with Crippen molar-refractivity contribution in [2.75, 3.05) is 5.32 Å². The lowest BCUT2D eigenvalue weighted by Gasteiger charge is -2.10. The summed E-state index contributed by atoms with van der Waals surface area (Å²) in [7, 11) is 0. The number of aromatic nitrogens is 4. The Morgan fingerprint density at radius 2 is 2.12 bits per heavy atom. The molecule has 7 heteroatoms. The minimum absolute atomic E-state index is 0.110. The molecule has 4 rings (SSSR count). The van der Waals surface area contributed by atoms with E-state index in [2.05, 4.69) is 20.4 Å². The lowest BCUT2D eigenvalue weighted by atomic mass is 10.1. The van der Waals surface area contributed by atoms with Gasteiger partial charge in [0.1, 0.15) is 11.5 Å². The fraction of sp³-hybridized carbons (Fsp3) is 0.158. The van der Waals surface area contributed by atoms with Crippen LogP contribution in [0.5, 0.6) is 0 Å². The summed E-state index contributed by atoms with van der Waals surface area (Å²) in [5.41, 5.74) is 1.69. The number of furan rings is 1. The number of nitrogens with zero attached hydrogens (tertiary/aromatic N) is 4. The molecule has 130 valence electrons. The van der Waals surface area contributed by atoms with Gasteiger partial charge in [-0.2, -0.15) is 5.10 Å². The second-order valence-electron chi connectivity index (χ2n) is 6.12. The van der Waals surface area contributed by atoms with Crippen molar-refractivity contribution in [1.29, 1.82) is 0 Å². The molecule has 1 N–H and O–H groups in total. The summed E-state index contributed by atoms with van der Waals surface area (Å²) >= 11 is 0. The second-order valence-corrected chi connectivity index (χ2v) is 6.12. The Kier molecular flexibility index (Phi) is 3.96. The summed E-state index contributed by atoms with van der Waals surface area (Å²) in [5, 5.41) is 7.89. The SMILES string of the molecule is CC(C)n1ncc2c(C(=O)Nc3ccccn3)cc(-c3ccco3)nc21. The van der Waals surface area contributed by atoms with Gasteiger partial charge in [-0.1, -0.05) is 6.07 Å². The maximum atomic E-state index is 12.9. The molecule has 7 nitrogen and oxygen atoms in total. The minimum Gasteiger partial charge on any atom is -0.463 e. The first-order valence-electron chi connectivity index (χ1n) is 8.28. The van der Waals surface area contributed by atoms with E-state index < -0.39 is 0 Å². The summed E-state index contributed by atoms with van der Waals surface area (Å²) in [6.45, 7) is 4.03. The third kappa shape index (κ3) is 2.83. The molecule has 0 radical (unpaired) electrons. The summed E-state index contributed by atoms with van der Waals surface area (Å²) in [6.07, 6.45) is 4.87. The number of rotatable bonds is 4. The van der Waals surface area contributed by atoms with Gasteiger partial charge in [0.25, 0.3) is 5.91 Å². The third-order valence-corrected chi connectivity index (χ3v) is 3.98. The molecule has 0 aromatic carbocycles. The van der Waals surface area contributed by atoms with E-state index in [1.807, 2.05) is 26.0 Å². The van der Waals surface area contributed by atoms with Crippen molar-refractivity contribution in [2.24, 2.45) is 0 Å². The van der Waals surface area contributed by atoms with Gasteiger partial charge in [-0.15, -0.1) is 0 Å². The van der Waals surface area contributed by atoms with E-state index in [9.17, 15) is 4.79 Å². The van der Waals surface area contributed by atoms with Crippen LogP contribution in [0.3, 0.4) is 0 Å². The molecule has 4 heterocycles. The van der Waals surface area contributed by atoms with Crippen LogP contribution in [0.1, 0.15) is 30.2 Å². The topological polar surface area (TPSA) is 85.8 Å². The van der Waals surface area contributed by atoms with E-state index in [-0.39, 0.29) is 11.9 Å². The fourth-order valence-corrected chi connectivity index (χ4v) is 2.75. The van der Waals surface area contributed by atoms with Crippen LogP contribution in [0.2, 0.25) is 0 Å². The Morgan fingerprint density at radius 3 is 2.81 bits per heavy atom. The van der Waals surface area contributed by atoms with Crippen LogP contribution in [-0.2, 0) is 0 Å². The van der Waals surface area contributed by atoms with Gasteiger partial charge < -0.3 is 9.73 Å². The number of hydrogen-bond donors (Lipinski definition) is 1. The van der Waals surface area contributed by atoms with Crippen molar-refractivity contribution in [2.45, 2.75) is 19.9 Å². The molecule has 4 aromatic rings.